The quantitative estimate of drug-likeness (QED) is 0.0530. The van der Waals surface area contributed by atoms with Gasteiger partial charge in [0.05, 0.1) is 36.8 Å². The van der Waals surface area contributed by atoms with Crippen molar-refractivity contribution in [3.05, 3.63) is 60.2 Å². The zero-order valence-electron chi connectivity index (χ0n) is 46.7. The van der Waals surface area contributed by atoms with Crippen LogP contribution in [-0.2, 0) is 49.5 Å². The summed E-state index contributed by atoms with van der Waals surface area (Å²) >= 11 is 0. The number of likely N-dealkylation sites (tertiary alicyclic amines) is 1. The number of amides is 8. The molecule has 0 aromatic heterocycles. The summed E-state index contributed by atoms with van der Waals surface area (Å²) in [6, 6.07) is 11.2. The van der Waals surface area contributed by atoms with Gasteiger partial charge in [0.15, 0.2) is 0 Å². The highest BCUT2D eigenvalue weighted by Crippen LogP contribution is 2.29. The number of ether oxygens (including phenoxy) is 2. The smallest absolute Gasteiger partial charge is 0.312 e. The molecule has 1 aliphatic rings. The van der Waals surface area contributed by atoms with Gasteiger partial charge in [-0.3, -0.25) is 43.4 Å². The van der Waals surface area contributed by atoms with Gasteiger partial charge in [0.2, 0.25) is 35.4 Å². The van der Waals surface area contributed by atoms with Gasteiger partial charge in [-0.25, -0.2) is 4.79 Å². The number of primary amides is 1. The fourth-order valence-corrected chi connectivity index (χ4v) is 10.1. The Labute approximate surface area is 445 Å². The summed E-state index contributed by atoms with van der Waals surface area (Å²) in [6.07, 6.45) is 1.72. The lowest BCUT2D eigenvalue weighted by Gasteiger charge is -2.40. The highest BCUT2D eigenvalue weighted by molar-refractivity contribution is 5.99. The molecule has 3 rings (SSSR count). The molecule has 1 aliphatic heterocycles. The Bertz CT molecular complexity index is 2170. The zero-order chi connectivity index (χ0) is 56.1. The molecule has 2 aromatic carbocycles. The number of ketones is 1. The number of methoxy groups -OCH3 is 2. The minimum absolute atomic E-state index is 0.0178. The van der Waals surface area contributed by atoms with Crippen LogP contribution in [-0.4, -0.2) is 165 Å². The van der Waals surface area contributed by atoms with Gasteiger partial charge in [0, 0.05) is 65.0 Å². The summed E-state index contributed by atoms with van der Waals surface area (Å²) in [6.45, 7) is 15.8. The van der Waals surface area contributed by atoms with Crippen LogP contribution in [0.3, 0.4) is 0 Å². The minimum atomic E-state index is -1.00. The van der Waals surface area contributed by atoms with Gasteiger partial charge >= 0.3 is 6.03 Å². The number of hydrogen-bond donors (Lipinski definition) is 7. The fraction of sp³-hybridized carbons (Fsp3) is 0.636. The van der Waals surface area contributed by atoms with Gasteiger partial charge in [0.1, 0.15) is 23.9 Å². The molecule has 1 fully saturated rings. The number of benzene rings is 2. The molecule has 10 atom stereocenters. The van der Waals surface area contributed by atoms with Crippen molar-refractivity contribution in [2.45, 2.75) is 149 Å². The highest BCUT2D eigenvalue weighted by atomic mass is 16.5. The van der Waals surface area contributed by atoms with Gasteiger partial charge in [-0.2, -0.15) is 0 Å². The Balaban J connectivity index is 1.75. The van der Waals surface area contributed by atoms with Crippen molar-refractivity contribution in [2.75, 3.05) is 65.6 Å². The van der Waals surface area contributed by atoms with E-state index in [1.54, 1.807) is 50.2 Å². The number of Topliss-reactive ketones (excluding diaryl/α,β-unsaturated/α-hetero) is 1. The van der Waals surface area contributed by atoms with Gasteiger partial charge in [-0.1, -0.05) is 85.2 Å². The van der Waals surface area contributed by atoms with Crippen LogP contribution in [0.2, 0.25) is 0 Å². The summed E-state index contributed by atoms with van der Waals surface area (Å²) < 4.78 is 12.1. The number of hydrogen-bond acceptors (Lipinski definition) is 12. The Morgan fingerprint density at radius 2 is 1.36 bits per heavy atom. The summed E-state index contributed by atoms with van der Waals surface area (Å²) in [4.78, 5) is 112. The summed E-state index contributed by atoms with van der Waals surface area (Å²) in [5, 5.41) is 16.8. The standard InChI is InChI=1S/C55H88N10O10/c1-14-35(6)48(64(11)54(72)46(33(2)3)62-53(71)47(34(4)5)63(9)10)45(74-12)31-41(67)32-65-29-19-23-44(65)49(75-13)36(7)50(68)61-43(30-38-20-16-15-17-21-38)52(70)60-40-26-24-39(25-27-40)59-51(69)42(58-37(8)66)22-18-28-57-55(56)73/h15-17,20-21,24-27,33-36,42-49H,14,18-19,22-23,28-32H2,1-13H3,(H,58,66)(H,59,69)(H,60,70)(H,61,68)(H,62,71)(H3,56,57,73)/t35-,36+,42+,43-,44-,45+,46-,47-,48-,49+/m0/s1. The molecule has 0 bridgehead atoms. The Hall–Kier alpha value is -5.96. The largest absolute Gasteiger partial charge is 0.379 e. The van der Waals surface area contributed by atoms with Gasteiger partial charge in [0.25, 0.3) is 0 Å². The molecule has 1 heterocycles. The molecule has 1 saturated heterocycles. The van der Waals surface area contributed by atoms with Crippen molar-refractivity contribution in [3.8, 4) is 0 Å². The maximum Gasteiger partial charge on any atom is 0.312 e. The van der Waals surface area contributed by atoms with Crippen LogP contribution in [0.4, 0.5) is 16.2 Å². The van der Waals surface area contributed by atoms with E-state index in [0.29, 0.717) is 37.2 Å². The third-order valence-electron chi connectivity index (χ3n) is 14.2. The lowest BCUT2D eigenvalue weighted by Crippen LogP contribution is -2.59. The first kappa shape index (κ1) is 63.3. The topological polar surface area (TPSA) is 263 Å². The number of nitrogens with one attached hydrogen (secondary N) is 6. The van der Waals surface area contributed by atoms with Crippen LogP contribution >= 0.6 is 0 Å². The lowest BCUT2D eigenvalue weighted by atomic mass is 9.89. The first-order valence-corrected chi connectivity index (χ1v) is 26.3. The number of anilines is 2. The van der Waals surface area contributed by atoms with Gasteiger partial charge in [-0.05, 0) is 93.9 Å². The molecule has 2 aromatic rings. The first-order chi connectivity index (χ1) is 35.4. The Kier molecular flexibility index (Phi) is 26.3. The molecule has 418 valence electrons. The maximum absolute atomic E-state index is 14.3. The highest BCUT2D eigenvalue weighted by Gasteiger charge is 2.42. The minimum Gasteiger partial charge on any atom is -0.379 e. The van der Waals surface area contributed by atoms with E-state index in [1.165, 1.54) is 14.0 Å². The Morgan fingerprint density at radius 3 is 1.87 bits per heavy atom. The van der Waals surface area contributed by atoms with E-state index in [9.17, 15) is 38.4 Å². The van der Waals surface area contributed by atoms with Gasteiger partial charge in [-0.15, -0.1) is 0 Å². The third-order valence-corrected chi connectivity index (χ3v) is 14.2. The molecule has 8 N–H and O–H groups in total. The predicted octanol–water partition coefficient (Wildman–Crippen LogP) is 3.93. The van der Waals surface area contributed by atoms with Crippen LogP contribution < -0.4 is 37.6 Å². The summed E-state index contributed by atoms with van der Waals surface area (Å²) in [5.41, 5.74) is 6.76. The van der Waals surface area contributed by atoms with Crippen LogP contribution in [0.25, 0.3) is 0 Å². The van der Waals surface area contributed by atoms with Crippen molar-refractivity contribution in [3.63, 3.8) is 0 Å². The van der Waals surface area contributed by atoms with E-state index in [2.05, 4.69) is 31.9 Å². The summed E-state index contributed by atoms with van der Waals surface area (Å²) in [7, 11) is 8.50. The molecule has 20 heteroatoms. The van der Waals surface area contributed by atoms with Crippen molar-refractivity contribution >= 4 is 58.6 Å². The van der Waals surface area contributed by atoms with E-state index in [0.717, 1.165) is 12.0 Å². The molecule has 0 saturated carbocycles. The zero-order valence-corrected chi connectivity index (χ0v) is 46.7. The number of carbonyl (C=O) groups excluding carboxylic acids is 8. The second kappa shape index (κ2) is 31.2. The number of nitrogens with zero attached hydrogens (tertiary/aromatic N) is 3. The molecule has 0 aliphatic carbocycles. The predicted molar refractivity (Wildman–Crippen MR) is 290 cm³/mol. The van der Waals surface area contributed by atoms with E-state index in [1.807, 2.05) is 95.8 Å². The fourth-order valence-electron chi connectivity index (χ4n) is 10.1. The van der Waals surface area contributed by atoms with Crippen molar-refractivity contribution in [1.29, 1.82) is 0 Å². The molecule has 0 spiro atoms. The van der Waals surface area contributed by atoms with E-state index in [4.69, 9.17) is 15.2 Å². The third kappa shape index (κ3) is 19.6. The molecule has 0 radical (unpaired) electrons. The maximum atomic E-state index is 14.3. The monoisotopic (exact) mass is 1050 g/mol. The average molecular weight is 1050 g/mol. The lowest BCUT2D eigenvalue weighted by molar-refractivity contribution is -0.144. The van der Waals surface area contributed by atoms with Gasteiger partial charge < -0.3 is 52.0 Å². The second-order valence-electron chi connectivity index (χ2n) is 20.9. The van der Waals surface area contributed by atoms with Crippen LogP contribution in [0.15, 0.2) is 54.6 Å². The van der Waals surface area contributed by atoms with Crippen molar-refractivity contribution < 1.29 is 47.8 Å². The van der Waals surface area contributed by atoms with Crippen molar-refractivity contribution in [2.24, 2.45) is 29.4 Å². The van der Waals surface area contributed by atoms with E-state index >= 15 is 0 Å². The normalized spacial score (nSPS) is 17.4. The number of likely N-dealkylation sites (N-methyl/N-ethyl adjacent to an activating group) is 2. The number of carbonyl (C=O) groups is 8. The molecular formula is C55H88N10O10. The molecule has 8 amide bonds. The van der Waals surface area contributed by atoms with Crippen LogP contribution in [0, 0.1) is 23.7 Å². The van der Waals surface area contributed by atoms with Crippen LogP contribution in [0.1, 0.15) is 99.5 Å². The second-order valence-corrected chi connectivity index (χ2v) is 20.9. The average Bonchev–Trinajstić information content (AvgIpc) is 3.80. The number of nitrogens with two attached hydrogens (primary N) is 1. The molecular weight excluding hydrogens is 961 g/mol. The van der Waals surface area contributed by atoms with Crippen LogP contribution in [0.5, 0.6) is 0 Å². The molecule has 0 unspecified atom stereocenters. The molecule has 20 nitrogen and oxygen atoms in total. The Morgan fingerprint density at radius 1 is 0.760 bits per heavy atom. The first-order valence-electron chi connectivity index (χ1n) is 26.3. The molecule has 75 heavy (non-hydrogen) atoms. The van der Waals surface area contributed by atoms with E-state index < -0.39 is 78.0 Å². The van der Waals surface area contributed by atoms with Crippen molar-refractivity contribution in [1.82, 2.24) is 36.0 Å². The SMILES string of the molecule is CC[C@H](C)[C@@H]([C@@H](CC(=O)CN1CCC[C@H]1[C@H](OC)[C@@H](C)C(=O)N[C@@H](Cc1ccccc1)C(=O)Nc1ccc(NC(=O)[C@@H](CCCNC(N)=O)NC(C)=O)cc1)OC)N(C)C(=O)[C@@H](NC(=O)[C@H](C(C)C)N(C)C)C(C)C. The number of rotatable bonds is 31. The van der Waals surface area contributed by atoms with E-state index in [-0.39, 0.29) is 73.7 Å². The number of urea groups is 1. The summed E-state index contributed by atoms with van der Waals surface area (Å²) in [5.74, 6) is -3.30.